The summed E-state index contributed by atoms with van der Waals surface area (Å²) in [5.74, 6) is -0.216. The monoisotopic (exact) mass is 205 g/mol. The molecule has 0 bridgehead atoms. The van der Waals surface area contributed by atoms with Gasteiger partial charge in [-0.3, -0.25) is 0 Å². The maximum absolute atomic E-state index is 12.6. The van der Waals surface area contributed by atoms with Gasteiger partial charge in [-0.15, -0.1) is 0 Å². The number of hydrogen-bond acceptors (Lipinski definition) is 2. The Morgan fingerprint density at radius 2 is 2.00 bits per heavy atom. The molecule has 15 heavy (non-hydrogen) atoms. The second-order valence-corrected chi connectivity index (χ2v) is 3.37. The van der Waals surface area contributed by atoms with Gasteiger partial charge < -0.3 is 10.3 Å². The normalized spacial score (nSPS) is 10.5. The van der Waals surface area contributed by atoms with Crippen molar-refractivity contribution in [2.75, 3.05) is 0 Å². The lowest BCUT2D eigenvalue weighted by molar-refractivity contribution is 0.626. The lowest BCUT2D eigenvalue weighted by Crippen LogP contribution is -1.98. The van der Waals surface area contributed by atoms with E-state index in [1.807, 2.05) is 10.8 Å². The zero-order valence-electron chi connectivity index (χ0n) is 8.23. The van der Waals surface area contributed by atoms with Gasteiger partial charge >= 0.3 is 0 Å². The number of nitrogens with two attached hydrogens (primary N) is 1. The predicted molar refractivity (Wildman–Crippen MR) is 55.6 cm³/mol. The number of rotatable bonds is 3. The van der Waals surface area contributed by atoms with Crippen molar-refractivity contribution >= 4 is 0 Å². The zero-order valence-corrected chi connectivity index (χ0v) is 8.23. The molecule has 0 spiro atoms. The molecule has 0 radical (unpaired) electrons. The summed E-state index contributed by atoms with van der Waals surface area (Å²) in [4.78, 5) is 4.11. The number of nitrogens with zero attached hydrogens (tertiary/aromatic N) is 2. The lowest BCUT2D eigenvalue weighted by atomic mass is 10.2. The van der Waals surface area contributed by atoms with Gasteiger partial charge in [-0.25, -0.2) is 9.37 Å². The number of benzene rings is 1. The topological polar surface area (TPSA) is 43.8 Å². The second-order valence-electron chi connectivity index (χ2n) is 3.37. The molecule has 0 unspecified atom stereocenters. The fourth-order valence-corrected chi connectivity index (χ4v) is 1.40. The van der Waals surface area contributed by atoms with Crippen molar-refractivity contribution in [1.82, 2.24) is 9.55 Å². The molecule has 0 aliphatic carbocycles. The summed E-state index contributed by atoms with van der Waals surface area (Å²) in [6, 6.07) is 6.43. The summed E-state index contributed by atoms with van der Waals surface area (Å²) in [7, 11) is 0. The Labute approximate surface area is 87.4 Å². The first-order valence-corrected chi connectivity index (χ1v) is 4.73. The van der Waals surface area contributed by atoms with Crippen LogP contribution in [-0.4, -0.2) is 9.55 Å². The minimum atomic E-state index is -0.216. The molecular weight excluding hydrogens is 193 g/mol. The molecule has 0 saturated heterocycles. The first kappa shape index (κ1) is 9.86. The standard InChI is InChI=1S/C11H12FN3/c12-10-3-1-9(2-4-10)6-15-7-11(5-13)14-8-15/h1-4,7-8H,5-6,13H2. The molecule has 78 valence electrons. The van der Waals surface area contributed by atoms with Crippen molar-refractivity contribution in [3.05, 3.63) is 53.9 Å². The van der Waals surface area contributed by atoms with Crippen molar-refractivity contribution in [3.8, 4) is 0 Å². The van der Waals surface area contributed by atoms with Crippen LogP contribution in [0.15, 0.2) is 36.8 Å². The Morgan fingerprint density at radius 3 is 2.60 bits per heavy atom. The van der Waals surface area contributed by atoms with E-state index in [1.165, 1.54) is 12.1 Å². The highest BCUT2D eigenvalue weighted by atomic mass is 19.1. The average Bonchev–Trinajstić information content (AvgIpc) is 2.69. The summed E-state index contributed by atoms with van der Waals surface area (Å²) < 4.78 is 14.6. The quantitative estimate of drug-likeness (QED) is 0.825. The van der Waals surface area contributed by atoms with E-state index in [1.54, 1.807) is 18.5 Å². The van der Waals surface area contributed by atoms with Crippen molar-refractivity contribution in [3.63, 3.8) is 0 Å². The molecule has 0 aliphatic rings. The van der Waals surface area contributed by atoms with Gasteiger partial charge in [-0.05, 0) is 17.7 Å². The molecule has 0 atom stereocenters. The molecule has 1 heterocycles. The van der Waals surface area contributed by atoms with Crippen LogP contribution in [0.1, 0.15) is 11.3 Å². The Morgan fingerprint density at radius 1 is 1.27 bits per heavy atom. The molecule has 1 aromatic carbocycles. The molecule has 0 saturated carbocycles. The first-order chi connectivity index (χ1) is 7.28. The summed E-state index contributed by atoms with van der Waals surface area (Å²) in [6.45, 7) is 1.13. The number of imidazole rings is 1. The maximum atomic E-state index is 12.6. The highest BCUT2D eigenvalue weighted by Crippen LogP contribution is 2.05. The first-order valence-electron chi connectivity index (χ1n) is 4.73. The van der Waals surface area contributed by atoms with Gasteiger partial charge in [0, 0.05) is 19.3 Å². The molecule has 4 heteroatoms. The second kappa shape index (κ2) is 4.23. The Balaban J connectivity index is 2.11. The van der Waals surface area contributed by atoms with Crippen LogP contribution in [0.2, 0.25) is 0 Å². The van der Waals surface area contributed by atoms with Gasteiger partial charge in [0.05, 0.1) is 12.0 Å². The van der Waals surface area contributed by atoms with E-state index >= 15 is 0 Å². The van der Waals surface area contributed by atoms with Crippen molar-refractivity contribution < 1.29 is 4.39 Å². The smallest absolute Gasteiger partial charge is 0.123 e. The Kier molecular flexibility index (Phi) is 2.78. The predicted octanol–water partition coefficient (Wildman–Crippen LogP) is 1.53. The van der Waals surface area contributed by atoms with Gasteiger partial charge in [0.2, 0.25) is 0 Å². The third-order valence-electron chi connectivity index (χ3n) is 2.17. The van der Waals surface area contributed by atoms with Crippen LogP contribution in [0.4, 0.5) is 4.39 Å². The van der Waals surface area contributed by atoms with Crippen molar-refractivity contribution in [1.29, 1.82) is 0 Å². The number of aromatic nitrogens is 2. The van der Waals surface area contributed by atoms with Crippen LogP contribution in [0.5, 0.6) is 0 Å². The molecule has 0 amide bonds. The van der Waals surface area contributed by atoms with Crippen LogP contribution in [0, 0.1) is 5.82 Å². The number of hydrogen-bond donors (Lipinski definition) is 1. The van der Waals surface area contributed by atoms with E-state index in [0.29, 0.717) is 13.1 Å². The van der Waals surface area contributed by atoms with Gasteiger partial charge in [0.1, 0.15) is 5.82 Å². The highest BCUT2D eigenvalue weighted by molar-refractivity contribution is 5.16. The fraction of sp³-hybridized carbons (Fsp3) is 0.182. The van der Waals surface area contributed by atoms with Crippen molar-refractivity contribution in [2.45, 2.75) is 13.1 Å². The van der Waals surface area contributed by atoms with E-state index in [4.69, 9.17) is 5.73 Å². The summed E-state index contributed by atoms with van der Waals surface area (Å²) in [5.41, 5.74) is 7.35. The molecule has 0 aliphatic heterocycles. The SMILES string of the molecule is NCc1cn(Cc2ccc(F)cc2)cn1. The van der Waals surface area contributed by atoms with Gasteiger partial charge in [0.25, 0.3) is 0 Å². The van der Waals surface area contributed by atoms with Crippen LogP contribution in [-0.2, 0) is 13.1 Å². The molecule has 0 fully saturated rings. The van der Waals surface area contributed by atoms with Crippen molar-refractivity contribution in [2.24, 2.45) is 5.73 Å². The third kappa shape index (κ3) is 2.41. The lowest BCUT2D eigenvalue weighted by Gasteiger charge is -2.01. The van der Waals surface area contributed by atoms with E-state index in [2.05, 4.69) is 4.98 Å². The van der Waals surface area contributed by atoms with Crippen LogP contribution >= 0.6 is 0 Å². The summed E-state index contributed by atoms with van der Waals surface area (Å²) in [6.07, 6.45) is 3.62. The summed E-state index contributed by atoms with van der Waals surface area (Å²) in [5, 5.41) is 0. The Bertz CT molecular complexity index is 433. The van der Waals surface area contributed by atoms with Gasteiger partial charge in [-0.1, -0.05) is 12.1 Å². The average molecular weight is 205 g/mol. The molecule has 2 N–H and O–H groups in total. The molecule has 2 aromatic rings. The van der Waals surface area contributed by atoms with E-state index in [9.17, 15) is 4.39 Å². The van der Waals surface area contributed by atoms with E-state index in [0.717, 1.165) is 11.3 Å². The minimum absolute atomic E-state index is 0.216. The van der Waals surface area contributed by atoms with Gasteiger partial charge in [-0.2, -0.15) is 0 Å². The third-order valence-corrected chi connectivity index (χ3v) is 2.17. The molecular formula is C11H12FN3. The fourth-order valence-electron chi connectivity index (χ4n) is 1.40. The maximum Gasteiger partial charge on any atom is 0.123 e. The largest absolute Gasteiger partial charge is 0.333 e. The van der Waals surface area contributed by atoms with Crippen LogP contribution in [0.25, 0.3) is 0 Å². The summed E-state index contributed by atoms with van der Waals surface area (Å²) >= 11 is 0. The van der Waals surface area contributed by atoms with Gasteiger partial charge in [0.15, 0.2) is 0 Å². The molecule has 1 aromatic heterocycles. The van der Waals surface area contributed by atoms with E-state index < -0.39 is 0 Å². The zero-order chi connectivity index (χ0) is 10.7. The molecule has 2 rings (SSSR count). The van der Waals surface area contributed by atoms with E-state index in [-0.39, 0.29) is 5.82 Å². The number of halogens is 1. The Hall–Kier alpha value is -1.68. The van der Waals surface area contributed by atoms with Crippen LogP contribution in [0.3, 0.4) is 0 Å². The minimum Gasteiger partial charge on any atom is -0.333 e. The highest BCUT2D eigenvalue weighted by Gasteiger charge is 1.98. The van der Waals surface area contributed by atoms with Crippen LogP contribution < -0.4 is 5.73 Å². The molecule has 3 nitrogen and oxygen atoms in total.